The van der Waals surface area contributed by atoms with Gasteiger partial charge in [-0.2, -0.15) is 4.98 Å². The van der Waals surface area contributed by atoms with Crippen molar-refractivity contribution in [2.75, 3.05) is 13.2 Å². The van der Waals surface area contributed by atoms with E-state index in [0.29, 0.717) is 5.78 Å². The molecule has 2 heterocycles. The molecule has 8 heteroatoms. The smallest absolute Gasteiger partial charge is 0.325 e. The van der Waals surface area contributed by atoms with Gasteiger partial charge >= 0.3 is 5.97 Å². The Morgan fingerprint density at radius 2 is 2.10 bits per heavy atom. The molecule has 0 atom stereocenters. The fraction of sp³-hybridized carbons (Fsp3) is 0.417. The Kier molecular flexibility index (Phi) is 3.92. The summed E-state index contributed by atoms with van der Waals surface area (Å²) in [6.45, 7) is 5.43. The summed E-state index contributed by atoms with van der Waals surface area (Å²) >= 11 is 0. The van der Waals surface area contributed by atoms with Crippen LogP contribution in [-0.2, 0) is 9.53 Å². The van der Waals surface area contributed by atoms with Gasteiger partial charge in [-0.05, 0) is 26.8 Å². The first-order valence-electron chi connectivity index (χ1n) is 6.16. The Hall–Kier alpha value is -2.51. The number of amides is 1. The molecule has 106 valence electrons. The lowest BCUT2D eigenvalue weighted by molar-refractivity contribution is -0.141. The monoisotopic (exact) mass is 277 g/mol. The zero-order valence-electron chi connectivity index (χ0n) is 11.5. The van der Waals surface area contributed by atoms with Gasteiger partial charge in [0.05, 0.1) is 6.61 Å². The van der Waals surface area contributed by atoms with Crippen LogP contribution in [0.15, 0.2) is 6.07 Å². The normalized spacial score (nSPS) is 10.6. The molecule has 0 saturated carbocycles. The predicted molar refractivity (Wildman–Crippen MR) is 69.2 cm³/mol. The van der Waals surface area contributed by atoms with Crippen molar-refractivity contribution in [3.8, 4) is 0 Å². The topological polar surface area (TPSA) is 98.5 Å². The van der Waals surface area contributed by atoms with E-state index >= 15 is 0 Å². The van der Waals surface area contributed by atoms with Gasteiger partial charge < -0.3 is 10.1 Å². The summed E-state index contributed by atoms with van der Waals surface area (Å²) in [7, 11) is 0. The minimum Gasteiger partial charge on any atom is -0.465 e. The van der Waals surface area contributed by atoms with Gasteiger partial charge in [0, 0.05) is 11.4 Å². The van der Waals surface area contributed by atoms with Crippen molar-refractivity contribution in [2.45, 2.75) is 20.8 Å². The van der Waals surface area contributed by atoms with Gasteiger partial charge in [-0.3, -0.25) is 9.59 Å². The number of nitrogens with zero attached hydrogens (tertiary/aromatic N) is 4. The van der Waals surface area contributed by atoms with Crippen LogP contribution in [0, 0.1) is 13.8 Å². The van der Waals surface area contributed by atoms with Crippen molar-refractivity contribution in [3.63, 3.8) is 0 Å². The SMILES string of the molecule is CCOC(=O)CNC(=O)c1nc2nc(C)cc(C)n2n1. The molecule has 2 aromatic rings. The fourth-order valence-electron chi connectivity index (χ4n) is 1.71. The van der Waals surface area contributed by atoms with E-state index in [9.17, 15) is 9.59 Å². The molecule has 2 aromatic heterocycles. The molecule has 0 unspecified atom stereocenters. The third kappa shape index (κ3) is 2.90. The van der Waals surface area contributed by atoms with Gasteiger partial charge in [-0.1, -0.05) is 0 Å². The van der Waals surface area contributed by atoms with Crippen molar-refractivity contribution in [3.05, 3.63) is 23.3 Å². The highest BCUT2D eigenvalue weighted by molar-refractivity contribution is 5.92. The third-order valence-corrected chi connectivity index (χ3v) is 2.52. The Morgan fingerprint density at radius 1 is 1.35 bits per heavy atom. The standard InChI is InChI=1S/C12H15N5O3/c1-4-20-9(18)6-13-11(19)10-15-12-14-7(2)5-8(3)17(12)16-10/h5H,4,6H2,1-3H3,(H,13,19). The molecule has 0 aliphatic carbocycles. The fourth-order valence-corrected chi connectivity index (χ4v) is 1.71. The number of carbonyl (C=O) groups is 2. The molecule has 8 nitrogen and oxygen atoms in total. The lowest BCUT2D eigenvalue weighted by Crippen LogP contribution is -2.31. The summed E-state index contributed by atoms with van der Waals surface area (Å²) in [4.78, 5) is 31.2. The number of fused-ring (bicyclic) bond motifs is 1. The molecule has 0 bridgehead atoms. The number of hydrogen-bond acceptors (Lipinski definition) is 6. The van der Waals surface area contributed by atoms with E-state index in [1.165, 1.54) is 4.52 Å². The maximum Gasteiger partial charge on any atom is 0.325 e. The second-order valence-corrected chi connectivity index (χ2v) is 4.17. The second-order valence-electron chi connectivity index (χ2n) is 4.17. The predicted octanol–water partition coefficient (Wildman–Crippen LogP) is 0.0340. The molecule has 1 N–H and O–H groups in total. The zero-order valence-corrected chi connectivity index (χ0v) is 11.5. The number of aryl methyl sites for hydroxylation is 2. The molecular formula is C12H15N5O3. The lowest BCUT2D eigenvalue weighted by Gasteiger charge is -2.01. The van der Waals surface area contributed by atoms with Crippen molar-refractivity contribution in [1.82, 2.24) is 24.9 Å². The Labute approximate surface area is 115 Å². The van der Waals surface area contributed by atoms with Crippen LogP contribution in [0.3, 0.4) is 0 Å². The minimum absolute atomic E-state index is 0.0319. The first-order valence-corrected chi connectivity index (χ1v) is 6.16. The molecule has 20 heavy (non-hydrogen) atoms. The van der Waals surface area contributed by atoms with Gasteiger partial charge in [-0.15, -0.1) is 5.10 Å². The third-order valence-electron chi connectivity index (χ3n) is 2.52. The van der Waals surface area contributed by atoms with E-state index in [1.807, 2.05) is 19.9 Å². The average Bonchev–Trinajstić information content (AvgIpc) is 2.80. The molecule has 0 aliphatic rings. The number of hydrogen-bond donors (Lipinski definition) is 1. The summed E-state index contributed by atoms with van der Waals surface area (Å²) in [5.74, 6) is -0.727. The maximum absolute atomic E-state index is 11.8. The zero-order chi connectivity index (χ0) is 14.7. The van der Waals surface area contributed by atoms with E-state index in [2.05, 4.69) is 20.4 Å². The number of rotatable bonds is 4. The van der Waals surface area contributed by atoms with Crippen LogP contribution in [0.4, 0.5) is 0 Å². The molecule has 0 saturated heterocycles. The Bertz CT molecular complexity index is 664. The van der Waals surface area contributed by atoms with E-state index in [4.69, 9.17) is 4.74 Å². The molecule has 2 rings (SSSR count). The van der Waals surface area contributed by atoms with Crippen molar-refractivity contribution >= 4 is 17.7 Å². The number of nitrogens with one attached hydrogen (secondary N) is 1. The minimum atomic E-state index is -0.541. The molecule has 0 radical (unpaired) electrons. The molecule has 0 aliphatic heterocycles. The summed E-state index contributed by atoms with van der Waals surface area (Å²) in [6.07, 6.45) is 0. The molecule has 1 amide bonds. The Morgan fingerprint density at radius 3 is 2.80 bits per heavy atom. The number of aromatic nitrogens is 4. The van der Waals surface area contributed by atoms with Gasteiger partial charge in [0.25, 0.3) is 11.7 Å². The van der Waals surface area contributed by atoms with Gasteiger partial charge in [0.15, 0.2) is 0 Å². The first kappa shape index (κ1) is 13.9. The van der Waals surface area contributed by atoms with E-state index in [0.717, 1.165) is 11.4 Å². The maximum atomic E-state index is 11.8. The number of esters is 1. The summed E-state index contributed by atoms with van der Waals surface area (Å²) < 4.78 is 6.19. The van der Waals surface area contributed by atoms with Gasteiger partial charge in [0.2, 0.25) is 5.82 Å². The molecule has 0 spiro atoms. The Balaban J connectivity index is 2.15. The first-order chi connectivity index (χ1) is 9.51. The second kappa shape index (κ2) is 5.64. The molecular weight excluding hydrogens is 262 g/mol. The highest BCUT2D eigenvalue weighted by atomic mass is 16.5. The van der Waals surface area contributed by atoms with E-state index < -0.39 is 11.9 Å². The quantitative estimate of drug-likeness (QED) is 0.792. The van der Waals surface area contributed by atoms with Crippen LogP contribution in [0.2, 0.25) is 0 Å². The van der Waals surface area contributed by atoms with E-state index in [-0.39, 0.29) is 19.0 Å². The summed E-state index contributed by atoms with van der Waals surface area (Å²) in [5.41, 5.74) is 1.62. The van der Waals surface area contributed by atoms with Crippen molar-refractivity contribution in [2.24, 2.45) is 0 Å². The molecule has 0 fully saturated rings. The highest BCUT2D eigenvalue weighted by Gasteiger charge is 2.15. The van der Waals surface area contributed by atoms with Crippen molar-refractivity contribution in [1.29, 1.82) is 0 Å². The van der Waals surface area contributed by atoms with Crippen LogP contribution >= 0.6 is 0 Å². The lowest BCUT2D eigenvalue weighted by atomic mass is 10.4. The van der Waals surface area contributed by atoms with Crippen LogP contribution in [0.25, 0.3) is 5.78 Å². The number of carbonyl (C=O) groups excluding carboxylic acids is 2. The summed E-state index contributed by atoms with van der Waals surface area (Å²) in [5, 5.41) is 6.46. The highest BCUT2D eigenvalue weighted by Crippen LogP contribution is 2.05. The average molecular weight is 277 g/mol. The van der Waals surface area contributed by atoms with E-state index in [1.54, 1.807) is 6.92 Å². The van der Waals surface area contributed by atoms with Crippen LogP contribution in [0.5, 0.6) is 0 Å². The van der Waals surface area contributed by atoms with Crippen molar-refractivity contribution < 1.29 is 14.3 Å². The van der Waals surface area contributed by atoms with Gasteiger partial charge in [-0.25, -0.2) is 9.50 Å². The molecule has 0 aromatic carbocycles. The number of ether oxygens (including phenoxy) is 1. The van der Waals surface area contributed by atoms with Crippen LogP contribution in [0.1, 0.15) is 28.9 Å². The van der Waals surface area contributed by atoms with Crippen LogP contribution < -0.4 is 5.32 Å². The van der Waals surface area contributed by atoms with Gasteiger partial charge in [0.1, 0.15) is 6.54 Å². The summed E-state index contributed by atoms with van der Waals surface area (Å²) in [6, 6.07) is 1.84. The largest absolute Gasteiger partial charge is 0.465 e. The van der Waals surface area contributed by atoms with Crippen LogP contribution in [-0.4, -0.2) is 44.6 Å².